The van der Waals surface area contributed by atoms with Crippen LogP contribution in [0.2, 0.25) is 0 Å². The van der Waals surface area contributed by atoms with E-state index in [0.717, 1.165) is 29.5 Å². The third-order valence-electron chi connectivity index (χ3n) is 4.26. The average Bonchev–Trinajstić information content (AvgIpc) is 2.73. The van der Waals surface area contributed by atoms with Crippen molar-refractivity contribution in [2.24, 2.45) is 0 Å². The average molecular weight is 449 g/mol. The molecule has 1 aromatic carbocycles. The van der Waals surface area contributed by atoms with Gasteiger partial charge in [0.05, 0.1) is 6.04 Å². The summed E-state index contributed by atoms with van der Waals surface area (Å²) in [7, 11) is 0. The van der Waals surface area contributed by atoms with Crippen molar-refractivity contribution in [2.75, 3.05) is 6.61 Å². The minimum Gasteiger partial charge on any atom is -0.468 e. The van der Waals surface area contributed by atoms with E-state index in [4.69, 9.17) is 4.74 Å². The van der Waals surface area contributed by atoms with Gasteiger partial charge in [-0.25, -0.2) is 4.39 Å². The lowest BCUT2D eigenvalue weighted by Crippen LogP contribution is -2.27. The maximum Gasteiger partial charge on any atom is 0.422 e. The summed E-state index contributed by atoms with van der Waals surface area (Å²) in [5, 5.41) is 2.78. The van der Waals surface area contributed by atoms with Crippen LogP contribution in [-0.2, 0) is 0 Å². The Morgan fingerprint density at radius 2 is 1.84 bits per heavy atom. The molecule has 3 aromatic rings. The van der Waals surface area contributed by atoms with Crippen LogP contribution in [0.3, 0.4) is 0 Å². The molecule has 2 aromatic heterocycles. The van der Waals surface area contributed by atoms with Gasteiger partial charge < -0.3 is 14.8 Å². The van der Waals surface area contributed by atoms with Crippen molar-refractivity contribution in [1.29, 1.82) is 0 Å². The molecule has 10 heteroatoms. The minimum absolute atomic E-state index is 0.0358. The van der Waals surface area contributed by atoms with E-state index >= 15 is 0 Å². The second-order valence-electron chi connectivity index (χ2n) is 6.89. The molecule has 1 N–H and O–H groups in total. The van der Waals surface area contributed by atoms with E-state index in [-0.39, 0.29) is 23.1 Å². The smallest absolute Gasteiger partial charge is 0.422 e. The van der Waals surface area contributed by atoms with Crippen molar-refractivity contribution in [2.45, 2.75) is 26.1 Å². The molecule has 0 bridgehead atoms. The van der Waals surface area contributed by atoms with Gasteiger partial charge in [0.2, 0.25) is 11.8 Å². The molecule has 0 aliphatic carbocycles. The second kappa shape index (κ2) is 9.63. The molecule has 32 heavy (non-hydrogen) atoms. The fourth-order valence-corrected chi connectivity index (χ4v) is 2.72. The van der Waals surface area contributed by atoms with E-state index in [2.05, 4.69) is 20.0 Å². The van der Waals surface area contributed by atoms with E-state index in [1.165, 1.54) is 18.2 Å². The number of rotatable bonds is 7. The van der Waals surface area contributed by atoms with E-state index in [0.29, 0.717) is 0 Å². The molecule has 6 nitrogen and oxygen atoms in total. The third kappa shape index (κ3) is 6.40. The Kier molecular flexibility index (Phi) is 6.92. The summed E-state index contributed by atoms with van der Waals surface area (Å²) in [4.78, 5) is 20.9. The number of aryl methyl sites for hydroxylation is 1. The molecule has 1 unspecified atom stereocenters. The Balaban J connectivity index is 1.86. The van der Waals surface area contributed by atoms with Gasteiger partial charge in [0, 0.05) is 18.0 Å². The van der Waals surface area contributed by atoms with Crippen LogP contribution in [0.1, 0.15) is 34.6 Å². The minimum atomic E-state index is -4.56. The quantitative estimate of drug-likeness (QED) is 0.505. The van der Waals surface area contributed by atoms with Gasteiger partial charge in [-0.05, 0) is 61.9 Å². The van der Waals surface area contributed by atoms with Gasteiger partial charge in [0.15, 0.2) is 6.61 Å². The van der Waals surface area contributed by atoms with Gasteiger partial charge in [0.25, 0.3) is 5.91 Å². The number of ether oxygens (including phenoxy) is 2. The number of carbonyl (C=O) groups is 1. The highest BCUT2D eigenvalue weighted by molar-refractivity contribution is 5.96. The number of benzene rings is 1. The summed E-state index contributed by atoms with van der Waals surface area (Å²) in [6.45, 7) is 2.03. The standard InChI is InChI=1S/C22H19F4N3O3/c1-13-11-15(9-10-27-13)14(2)28-20(30)18-7-8-19(31-12-22(24,25)26)29-21(18)32-17-5-3-16(23)4-6-17/h3-11,14H,12H2,1-2H3,(H,28,30). The van der Waals surface area contributed by atoms with E-state index < -0.39 is 30.5 Å². The first kappa shape index (κ1) is 23.0. The molecule has 1 atom stereocenters. The van der Waals surface area contributed by atoms with E-state index in [9.17, 15) is 22.4 Å². The van der Waals surface area contributed by atoms with Gasteiger partial charge >= 0.3 is 6.18 Å². The normalized spacial score (nSPS) is 12.2. The molecular weight excluding hydrogens is 430 g/mol. The van der Waals surface area contributed by atoms with Crippen molar-refractivity contribution < 1.29 is 31.8 Å². The van der Waals surface area contributed by atoms with Crippen molar-refractivity contribution in [1.82, 2.24) is 15.3 Å². The lowest BCUT2D eigenvalue weighted by molar-refractivity contribution is -0.154. The number of hydrogen-bond donors (Lipinski definition) is 1. The lowest BCUT2D eigenvalue weighted by atomic mass is 10.1. The number of hydrogen-bond acceptors (Lipinski definition) is 5. The van der Waals surface area contributed by atoms with Crippen LogP contribution in [0.15, 0.2) is 54.7 Å². The van der Waals surface area contributed by atoms with Crippen LogP contribution < -0.4 is 14.8 Å². The number of halogens is 4. The van der Waals surface area contributed by atoms with Crippen LogP contribution in [0.4, 0.5) is 17.6 Å². The number of aromatic nitrogens is 2. The van der Waals surface area contributed by atoms with Crippen molar-refractivity contribution >= 4 is 5.91 Å². The predicted molar refractivity (Wildman–Crippen MR) is 107 cm³/mol. The topological polar surface area (TPSA) is 73.3 Å². The Hall–Kier alpha value is -3.69. The number of carbonyl (C=O) groups excluding carboxylic acids is 1. The Morgan fingerprint density at radius 3 is 2.50 bits per heavy atom. The molecular formula is C22H19F4N3O3. The summed E-state index contributed by atoms with van der Waals surface area (Å²) in [5.74, 6) is -1.61. The Bertz CT molecular complexity index is 1090. The van der Waals surface area contributed by atoms with Gasteiger partial charge in [0.1, 0.15) is 17.1 Å². The zero-order chi connectivity index (χ0) is 23.3. The van der Waals surface area contributed by atoms with Crippen LogP contribution in [0, 0.1) is 12.7 Å². The summed E-state index contributed by atoms with van der Waals surface area (Å²) in [5.41, 5.74) is 1.55. The number of pyridine rings is 2. The lowest BCUT2D eigenvalue weighted by Gasteiger charge is -2.17. The molecule has 1 amide bonds. The number of nitrogens with zero attached hydrogens (tertiary/aromatic N) is 2. The van der Waals surface area contributed by atoms with Crippen molar-refractivity contribution in [3.63, 3.8) is 0 Å². The molecule has 0 aliphatic heterocycles. The van der Waals surface area contributed by atoms with Gasteiger partial charge in [-0.3, -0.25) is 9.78 Å². The zero-order valence-corrected chi connectivity index (χ0v) is 17.1. The molecule has 0 saturated heterocycles. The van der Waals surface area contributed by atoms with E-state index in [1.54, 1.807) is 19.2 Å². The summed E-state index contributed by atoms with van der Waals surface area (Å²) < 4.78 is 60.8. The number of alkyl halides is 3. The van der Waals surface area contributed by atoms with Crippen molar-refractivity contribution in [3.8, 4) is 17.5 Å². The number of amides is 1. The summed E-state index contributed by atoms with van der Waals surface area (Å²) in [6.07, 6.45) is -2.95. The monoisotopic (exact) mass is 449 g/mol. The maximum atomic E-state index is 13.2. The van der Waals surface area contributed by atoms with Crippen LogP contribution in [0.25, 0.3) is 0 Å². The molecule has 0 spiro atoms. The van der Waals surface area contributed by atoms with Crippen molar-refractivity contribution in [3.05, 3.63) is 77.4 Å². The molecule has 2 heterocycles. The highest BCUT2D eigenvalue weighted by Crippen LogP contribution is 2.28. The zero-order valence-electron chi connectivity index (χ0n) is 17.1. The second-order valence-corrected chi connectivity index (χ2v) is 6.89. The highest BCUT2D eigenvalue weighted by atomic mass is 19.4. The molecule has 3 rings (SSSR count). The van der Waals surface area contributed by atoms with E-state index in [1.807, 2.05) is 13.0 Å². The first-order valence-electron chi connectivity index (χ1n) is 9.48. The van der Waals surface area contributed by atoms with Crippen LogP contribution >= 0.6 is 0 Å². The molecule has 0 radical (unpaired) electrons. The summed E-state index contributed by atoms with van der Waals surface area (Å²) in [6, 6.07) is 10.4. The van der Waals surface area contributed by atoms with Gasteiger partial charge in [-0.1, -0.05) is 0 Å². The largest absolute Gasteiger partial charge is 0.468 e. The Labute approximate surface area is 181 Å². The van der Waals surface area contributed by atoms with Gasteiger partial charge in [-0.15, -0.1) is 0 Å². The maximum absolute atomic E-state index is 13.2. The predicted octanol–water partition coefficient (Wildman–Crippen LogP) is 5.15. The van der Waals surface area contributed by atoms with Crippen LogP contribution in [0.5, 0.6) is 17.5 Å². The fourth-order valence-electron chi connectivity index (χ4n) is 2.72. The Morgan fingerprint density at radius 1 is 1.12 bits per heavy atom. The summed E-state index contributed by atoms with van der Waals surface area (Å²) >= 11 is 0. The number of nitrogens with one attached hydrogen (secondary N) is 1. The molecule has 0 saturated carbocycles. The van der Waals surface area contributed by atoms with Crippen LogP contribution in [-0.4, -0.2) is 28.7 Å². The van der Waals surface area contributed by atoms with Gasteiger partial charge in [-0.2, -0.15) is 18.2 Å². The highest BCUT2D eigenvalue weighted by Gasteiger charge is 2.29. The third-order valence-corrected chi connectivity index (χ3v) is 4.26. The first-order valence-corrected chi connectivity index (χ1v) is 9.48. The first-order chi connectivity index (χ1) is 15.1. The molecule has 168 valence electrons. The SMILES string of the molecule is Cc1cc(C(C)NC(=O)c2ccc(OCC(F)(F)F)nc2Oc2ccc(F)cc2)ccn1. The fraction of sp³-hybridized carbons (Fsp3) is 0.227. The molecule has 0 aliphatic rings. The molecule has 0 fully saturated rings.